The first-order valence-electron chi connectivity index (χ1n) is 9.37. The van der Waals surface area contributed by atoms with Crippen LogP contribution in [-0.2, 0) is 15.5 Å². The number of carbonyl (C=O) groups excluding carboxylic acids is 1. The third kappa shape index (κ3) is 5.41. The molecule has 1 aliphatic carbocycles. The van der Waals surface area contributed by atoms with Crippen molar-refractivity contribution in [2.45, 2.75) is 57.7 Å². The van der Waals surface area contributed by atoms with Gasteiger partial charge in [-0.3, -0.25) is 0 Å². The highest BCUT2D eigenvalue weighted by Gasteiger charge is 2.46. The Bertz CT molecular complexity index is 893. The molecule has 9 heteroatoms. The number of hydrogen-bond donors (Lipinski definition) is 0. The summed E-state index contributed by atoms with van der Waals surface area (Å²) in [4.78, 5) is 15.0. The number of rotatable bonds is 9. The van der Waals surface area contributed by atoms with Crippen molar-refractivity contribution in [2.24, 2.45) is 5.92 Å². The van der Waals surface area contributed by atoms with Crippen LogP contribution in [0.2, 0.25) is 5.02 Å². The molecule has 0 saturated heterocycles. The van der Waals surface area contributed by atoms with Gasteiger partial charge in [-0.15, -0.1) is 11.3 Å². The Morgan fingerprint density at radius 3 is 2.76 bits per heavy atom. The summed E-state index contributed by atoms with van der Waals surface area (Å²) in [5.41, 5.74) is -1.17. The Hall–Kier alpha value is -1.38. The van der Waals surface area contributed by atoms with Crippen molar-refractivity contribution in [1.82, 2.24) is 4.98 Å². The summed E-state index contributed by atoms with van der Waals surface area (Å²) in [5, 5.41) is -0.171. The number of alkyl halides is 3. The standard InChI is InChI=1S/C20H23ClF3NO3S/c1-11(6-12(2)26)9-27-13-7-20(24,8-13)10-28-15-5-4-14-17(16(15)21)29-18(25-14)19(3,22)23/h4-5,11,13H,6-10H2,1-3H3/t11-,13?,20?/m1/s1. The van der Waals surface area contributed by atoms with E-state index in [0.29, 0.717) is 23.2 Å². The van der Waals surface area contributed by atoms with E-state index in [1.54, 1.807) is 0 Å². The van der Waals surface area contributed by atoms with Crippen molar-refractivity contribution in [2.75, 3.05) is 13.2 Å². The molecule has 4 nitrogen and oxygen atoms in total. The number of hydrogen-bond acceptors (Lipinski definition) is 5. The minimum atomic E-state index is -3.06. The third-order valence-corrected chi connectivity index (χ3v) is 6.51. The van der Waals surface area contributed by atoms with Crippen LogP contribution >= 0.6 is 22.9 Å². The lowest BCUT2D eigenvalue weighted by Crippen LogP contribution is -2.49. The molecule has 1 aliphatic rings. The van der Waals surface area contributed by atoms with E-state index in [0.717, 1.165) is 18.3 Å². The largest absolute Gasteiger partial charge is 0.489 e. The minimum Gasteiger partial charge on any atom is -0.489 e. The molecule has 160 valence electrons. The van der Waals surface area contributed by atoms with Gasteiger partial charge >= 0.3 is 0 Å². The zero-order chi connectivity index (χ0) is 21.4. The van der Waals surface area contributed by atoms with E-state index < -0.39 is 11.6 Å². The van der Waals surface area contributed by atoms with Crippen molar-refractivity contribution < 1.29 is 27.4 Å². The van der Waals surface area contributed by atoms with Crippen LogP contribution in [0.3, 0.4) is 0 Å². The number of fused-ring (bicyclic) bond motifs is 1. The summed E-state index contributed by atoms with van der Waals surface area (Å²) >= 11 is 7.08. The second-order valence-corrected chi connectivity index (χ2v) is 9.32. The van der Waals surface area contributed by atoms with E-state index in [1.165, 1.54) is 19.1 Å². The molecule has 0 spiro atoms. The maximum atomic E-state index is 14.8. The fourth-order valence-corrected chi connectivity index (χ4v) is 4.55. The Balaban J connectivity index is 1.54. The van der Waals surface area contributed by atoms with Gasteiger partial charge in [0.25, 0.3) is 5.92 Å². The molecule has 1 aromatic heterocycles. The quantitative estimate of drug-likeness (QED) is 0.475. The number of benzene rings is 1. The molecular weight excluding hydrogens is 427 g/mol. The first kappa shape index (κ1) is 22.3. The molecule has 0 radical (unpaired) electrons. The molecule has 1 fully saturated rings. The van der Waals surface area contributed by atoms with Crippen LogP contribution in [0.4, 0.5) is 13.2 Å². The van der Waals surface area contributed by atoms with Crippen molar-refractivity contribution in [1.29, 1.82) is 0 Å². The molecule has 0 unspecified atom stereocenters. The lowest BCUT2D eigenvalue weighted by molar-refractivity contribution is -0.125. The van der Waals surface area contributed by atoms with E-state index >= 15 is 0 Å². The molecule has 0 amide bonds. The molecule has 29 heavy (non-hydrogen) atoms. The van der Waals surface area contributed by atoms with Crippen LogP contribution in [0.25, 0.3) is 10.2 Å². The van der Waals surface area contributed by atoms with Gasteiger partial charge in [0.15, 0.2) is 5.01 Å². The summed E-state index contributed by atoms with van der Waals surface area (Å²) in [6.45, 7) is 4.45. The maximum absolute atomic E-state index is 14.8. The second-order valence-electron chi connectivity index (χ2n) is 7.95. The SMILES string of the molecule is CC(=O)C[C@@H](C)COC1CC(F)(COc2ccc3nc(C(C)(F)F)sc3c2Cl)C1. The maximum Gasteiger partial charge on any atom is 0.296 e. The Morgan fingerprint density at radius 2 is 2.14 bits per heavy atom. The van der Waals surface area contributed by atoms with Gasteiger partial charge in [0.1, 0.15) is 28.8 Å². The number of aromatic nitrogens is 1. The summed E-state index contributed by atoms with van der Waals surface area (Å²) < 4.78 is 53.4. The van der Waals surface area contributed by atoms with Gasteiger partial charge in [0, 0.05) is 32.8 Å². The number of halogens is 4. The molecule has 0 aliphatic heterocycles. The van der Waals surface area contributed by atoms with Crippen LogP contribution < -0.4 is 4.74 Å². The number of ketones is 1. The van der Waals surface area contributed by atoms with Gasteiger partial charge < -0.3 is 14.3 Å². The number of Topliss-reactive ketones (excluding diaryl/α,β-unsaturated/α-hetero) is 1. The highest BCUT2D eigenvalue weighted by atomic mass is 35.5. The normalized spacial score (nSPS) is 23.1. The van der Waals surface area contributed by atoms with Crippen LogP contribution in [0, 0.1) is 5.92 Å². The van der Waals surface area contributed by atoms with Crippen molar-refractivity contribution in [3.05, 3.63) is 22.2 Å². The second kappa shape index (κ2) is 8.40. The first-order valence-corrected chi connectivity index (χ1v) is 10.6. The van der Waals surface area contributed by atoms with Crippen molar-refractivity contribution in [3.8, 4) is 5.75 Å². The van der Waals surface area contributed by atoms with E-state index in [-0.39, 0.29) is 53.0 Å². The first-order chi connectivity index (χ1) is 13.5. The molecular formula is C20H23ClF3NO3S. The van der Waals surface area contributed by atoms with Crippen LogP contribution in [0.1, 0.15) is 45.0 Å². The Morgan fingerprint density at radius 1 is 1.45 bits per heavy atom. The molecule has 0 N–H and O–H groups in total. The van der Waals surface area contributed by atoms with E-state index in [1.807, 2.05) is 6.92 Å². The summed E-state index contributed by atoms with van der Waals surface area (Å²) in [6.07, 6.45) is 0.645. The molecule has 1 saturated carbocycles. The lowest BCUT2D eigenvalue weighted by atomic mass is 9.79. The molecule has 3 rings (SSSR count). The monoisotopic (exact) mass is 449 g/mol. The zero-order valence-electron chi connectivity index (χ0n) is 16.4. The predicted octanol–water partition coefficient (Wildman–Crippen LogP) is 5.94. The predicted molar refractivity (Wildman–Crippen MR) is 107 cm³/mol. The van der Waals surface area contributed by atoms with Gasteiger partial charge in [-0.25, -0.2) is 9.37 Å². The molecule has 2 aromatic rings. The average Bonchev–Trinajstić information content (AvgIpc) is 3.02. The van der Waals surface area contributed by atoms with E-state index in [4.69, 9.17) is 21.1 Å². The Labute approximate surface area is 176 Å². The van der Waals surface area contributed by atoms with Crippen LogP contribution in [-0.4, -0.2) is 35.8 Å². The fraction of sp³-hybridized carbons (Fsp3) is 0.600. The van der Waals surface area contributed by atoms with E-state index in [2.05, 4.69) is 4.98 Å². The summed E-state index contributed by atoms with van der Waals surface area (Å²) in [6, 6.07) is 3.05. The van der Waals surface area contributed by atoms with Crippen molar-refractivity contribution >= 4 is 38.9 Å². The summed E-state index contributed by atoms with van der Waals surface area (Å²) in [7, 11) is 0. The smallest absolute Gasteiger partial charge is 0.296 e. The topological polar surface area (TPSA) is 48.4 Å². The highest BCUT2D eigenvalue weighted by Crippen LogP contribution is 2.43. The van der Waals surface area contributed by atoms with Gasteiger partial charge in [-0.05, 0) is 25.0 Å². The Kier molecular flexibility index (Phi) is 6.46. The van der Waals surface area contributed by atoms with Gasteiger partial charge in [-0.2, -0.15) is 8.78 Å². The number of carbonyl (C=O) groups is 1. The highest BCUT2D eigenvalue weighted by molar-refractivity contribution is 7.19. The molecule has 0 bridgehead atoms. The third-order valence-electron chi connectivity index (χ3n) is 4.76. The molecule has 1 aromatic carbocycles. The summed E-state index contributed by atoms with van der Waals surface area (Å²) in [5.74, 6) is -2.61. The lowest BCUT2D eigenvalue weighted by Gasteiger charge is -2.41. The fourth-order valence-electron chi connectivity index (χ4n) is 3.29. The zero-order valence-corrected chi connectivity index (χ0v) is 18.0. The van der Waals surface area contributed by atoms with Crippen LogP contribution in [0.15, 0.2) is 12.1 Å². The van der Waals surface area contributed by atoms with Gasteiger partial charge in [0.05, 0.1) is 16.3 Å². The number of thiazole rings is 1. The van der Waals surface area contributed by atoms with Crippen molar-refractivity contribution in [3.63, 3.8) is 0 Å². The average molecular weight is 450 g/mol. The van der Waals surface area contributed by atoms with Gasteiger partial charge in [0.2, 0.25) is 0 Å². The molecule has 1 heterocycles. The number of nitrogens with zero attached hydrogens (tertiary/aromatic N) is 1. The van der Waals surface area contributed by atoms with E-state index in [9.17, 15) is 18.0 Å². The number of ether oxygens (including phenoxy) is 2. The minimum absolute atomic E-state index is 0.101. The molecule has 1 atom stereocenters. The van der Waals surface area contributed by atoms with Gasteiger partial charge in [-0.1, -0.05) is 18.5 Å². The van der Waals surface area contributed by atoms with Crippen LogP contribution in [0.5, 0.6) is 5.75 Å².